The van der Waals surface area contributed by atoms with Gasteiger partial charge in [-0.05, 0) is 68.6 Å². The standard InChI is InChI=1S/C20H30O3/c1-3-4-5-16-8-12-19(13-9-16)23-15-14-17-6-10-18(11-7-17)20(21)22-2/h8-9,12-13,17-18H,3-7,10-11,14-15H2,1-2H3. The Morgan fingerprint density at radius 1 is 1.13 bits per heavy atom. The normalized spacial score (nSPS) is 21.0. The maximum atomic E-state index is 11.5. The lowest BCUT2D eigenvalue weighted by Crippen LogP contribution is -2.23. The Balaban J connectivity index is 1.65. The van der Waals surface area contributed by atoms with Crippen molar-refractivity contribution in [2.45, 2.75) is 58.3 Å². The zero-order valence-corrected chi connectivity index (χ0v) is 14.6. The molecule has 0 N–H and O–H groups in total. The molecule has 0 heterocycles. The van der Waals surface area contributed by atoms with E-state index in [2.05, 4.69) is 31.2 Å². The second-order valence-electron chi connectivity index (χ2n) is 6.63. The van der Waals surface area contributed by atoms with E-state index in [0.29, 0.717) is 5.92 Å². The van der Waals surface area contributed by atoms with Gasteiger partial charge in [0.2, 0.25) is 0 Å². The molecule has 23 heavy (non-hydrogen) atoms. The number of benzene rings is 1. The van der Waals surface area contributed by atoms with Crippen LogP contribution >= 0.6 is 0 Å². The number of esters is 1. The molecule has 0 aliphatic heterocycles. The number of ether oxygens (including phenoxy) is 2. The number of hydrogen-bond acceptors (Lipinski definition) is 3. The zero-order chi connectivity index (χ0) is 16.5. The second kappa shape index (κ2) is 9.59. The van der Waals surface area contributed by atoms with Crippen LogP contribution in [0.4, 0.5) is 0 Å². The average Bonchev–Trinajstić information content (AvgIpc) is 2.61. The minimum absolute atomic E-state index is 0.0390. The molecule has 1 aromatic rings. The van der Waals surface area contributed by atoms with Crippen LogP contribution in [0.25, 0.3) is 0 Å². The molecule has 0 atom stereocenters. The van der Waals surface area contributed by atoms with E-state index < -0.39 is 0 Å². The molecule has 2 rings (SSSR count). The van der Waals surface area contributed by atoms with Crippen molar-refractivity contribution in [2.24, 2.45) is 11.8 Å². The molecule has 1 aliphatic rings. The highest BCUT2D eigenvalue weighted by atomic mass is 16.5. The summed E-state index contributed by atoms with van der Waals surface area (Å²) in [7, 11) is 1.48. The third kappa shape index (κ3) is 5.89. The molecule has 1 saturated carbocycles. The van der Waals surface area contributed by atoms with Crippen molar-refractivity contribution in [3.63, 3.8) is 0 Å². The van der Waals surface area contributed by atoms with Crippen LogP contribution < -0.4 is 4.74 Å². The third-order valence-corrected chi connectivity index (χ3v) is 4.92. The summed E-state index contributed by atoms with van der Waals surface area (Å²) in [5.74, 6) is 1.73. The predicted octanol–water partition coefficient (Wildman–Crippen LogP) is 4.78. The molecule has 128 valence electrons. The van der Waals surface area contributed by atoms with E-state index in [0.717, 1.165) is 50.9 Å². The van der Waals surface area contributed by atoms with Crippen molar-refractivity contribution in [1.82, 2.24) is 0 Å². The number of aryl methyl sites for hydroxylation is 1. The SMILES string of the molecule is CCCCc1ccc(OCCC2CCC(C(=O)OC)CC2)cc1. The number of unbranched alkanes of at least 4 members (excludes halogenated alkanes) is 1. The number of carbonyl (C=O) groups is 1. The van der Waals surface area contributed by atoms with Gasteiger partial charge in [0, 0.05) is 0 Å². The van der Waals surface area contributed by atoms with E-state index in [1.807, 2.05) is 0 Å². The summed E-state index contributed by atoms with van der Waals surface area (Å²) in [6.07, 6.45) is 8.85. The molecule has 0 unspecified atom stereocenters. The van der Waals surface area contributed by atoms with Crippen LogP contribution in [-0.4, -0.2) is 19.7 Å². The molecule has 1 fully saturated rings. The van der Waals surface area contributed by atoms with Crippen LogP contribution in [0.3, 0.4) is 0 Å². The molecule has 0 aromatic heterocycles. The Morgan fingerprint density at radius 2 is 1.83 bits per heavy atom. The summed E-state index contributed by atoms with van der Waals surface area (Å²) < 4.78 is 10.7. The molecule has 0 saturated heterocycles. The summed E-state index contributed by atoms with van der Waals surface area (Å²) in [5, 5.41) is 0. The first kappa shape index (κ1) is 17.8. The molecule has 0 amide bonds. The summed E-state index contributed by atoms with van der Waals surface area (Å²) in [5.41, 5.74) is 1.39. The second-order valence-corrected chi connectivity index (χ2v) is 6.63. The van der Waals surface area contributed by atoms with E-state index in [-0.39, 0.29) is 11.9 Å². The summed E-state index contributed by atoms with van der Waals surface area (Å²) in [4.78, 5) is 11.5. The molecule has 3 nitrogen and oxygen atoms in total. The first-order valence-corrected chi connectivity index (χ1v) is 9.02. The van der Waals surface area contributed by atoms with Gasteiger partial charge in [-0.2, -0.15) is 0 Å². The van der Waals surface area contributed by atoms with E-state index >= 15 is 0 Å². The largest absolute Gasteiger partial charge is 0.494 e. The molecule has 0 radical (unpaired) electrons. The van der Waals surface area contributed by atoms with Crippen LogP contribution in [0.1, 0.15) is 57.4 Å². The zero-order valence-electron chi connectivity index (χ0n) is 14.6. The summed E-state index contributed by atoms with van der Waals surface area (Å²) in [6, 6.07) is 8.51. The van der Waals surface area contributed by atoms with Gasteiger partial charge in [-0.1, -0.05) is 25.5 Å². The Bertz CT molecular complexity index is 458. The van der Waals surface area contributed by atoms with Crippen LogP contribution in [0.15, 0.2) is 24.3 Å². The third-order valence-electron chi connectivity index (χ3n) is 4.92. The number of rotatable bonds is 8. The van der Waals surface area contributed by atoms with Gasteiger partial charge < -0.3 is 9.47 Å². The maximum absolute atomic E-state index is 11.5. The highest BCUT2D eigenvalue weighted by Gasteiger charge is 2.26. The minimum atomic E-state index is -0.0390. The molecule has 0 bridgehead atoms. The van der Waals surface area contributed by atoms with Gasteiger partial charge >= 0.3 is 5.97 Å². The lowest BCUT2D eigenvalue weighted by molar-refractivity contribution is -0.146. The van der Waals surface area contributed by atoms with Gasteiger partial charge in [0.05, 0.1) is 19.6 Å². The van der Waals surface area contributed by atoms with Gasteiger partial charge in [0.1, 0.15) is 5.75 Å². The summed E-state index contributed by atoms with van der Waals surface area (Å²) in [6.45, 7) is 2.98. The van der Waals surface area contributed by atoms with E-state index in [9.17, 15) is 4.79 Å². The van der Waals surface area contributed by atoms with E-state index in [4.69, 9.17) is 9.47 Å². The molecular formula is C20H30O3. The summed E-state index contributed by atoms with van der Waals surface area (Å²) >= 11 is 0. The molecule has 3 heteroatoms. The first-order chi connectivity index (χ1) is 11.2. The first-order valence-electron chi connectivity index (χ1n) is 9.02. The van der Waals surface area contributed by atoms with Crippen LogP contribution in [0, 0.1) is 11.8 Å². The maximum Gasteiger partial charge on any atom is 0.308 e. The van der Waals surface area contributed by atoms with Crippen molar-refractivity contribution >= 4 is 5.97 Å². The Labute approximate surface area is 140 Å². The number of hydrogen-bond donors (Lipinski definition) is 0. The average molecular weight is 318 g/mol. The fourth-order valence-corrected chi connectivity index (χ4v) is 3.33. The van der Waals surface area contributed by atoms with Crippen LogP contribution in [0.2, 0.25) is 0 Å². The molecule has 1 aromatic carbocycles. The monoisotopic (exact) mass is 318 g/mol. The lowest BCUT2D eigenvalue weighted by Gasteiger charge is -2.26. The van der Waals surface area contributed by atoms with Crippen molar-refractivity contribution in [3.8, 4) is 5.75 Å². The fourth-order valence-electron chi connectivity index (χ4n) is 3.33. The highest BCUT2D eigenvalue weighted by Crippen LogP contribution is 2.31. The molecular weight excluding hydrogens is 288 g/mol. The Kier molecular flexibility index (Phi) is 7.44. The number of methoxy groups -OCH3 is 1. The van der Waals surface area contributed by atoms with Crippen molar-refractivity contribution < 1.29 is 14.3 Å². The highest BCUT2D eigenvalue weighted by molar-refractivity contribution is 5.72. The van der Waals surface area contributed by atoms with Crippen LogP contribution in [-0.2, 0) is 16.0 Å². The predicted molar refractivity (Wildman–Crippen MR) is 92.6 cm³/mol. The van der Waals surface area contributed by atoms with Crippen molar-refractivity contribution in [2.75, 3.05) is 13.7 Å². The van der Waals surface area contributed by atoms with Crippen molar-refractivity contribution in [1.29, 1.82) is 0 Å². The minimum Gasteiger partial charge on any atom is -0.494 e. The van der Waals surface area contributed by atoms with Gasteiger partial charge in [-0.25, -0.2) is 0 Å². The fraction of sp³-hybridized carbons (Fsp3) is 0.650. The quantitative estimate of drug-likeness (QED) is 0.647. The van der Waals surface area contributed by atoms with Gasteiger partial charge in [0.15, 0.2) is 0 Å². The Morgan fingerprint density at radius 3 is 2.43 bits per heavy atom. The van der Waals surface area contributed by atoms with E-state index in [1.165, 1.54) is 25.5 Å². The lowest BCUT2D eigenvalue weighted by atomic mass is 9.81. The topological polar surface area (TPSA) is 35.5 Å². The Hall–Kier alpha value is -1.51. The van der Waals surface area contributed by atoms with Gasteiger partial charge in [0.25, 0.3) is 0 Å². The van der Waals surface area contributed by atoms with E-state index in [1.54, 1.807) is 0 Å². The van der Waals surface area contributed by atoms with Gasteiger partial charge in [-0.3, -0.25) is 4.79 Å². The van der Waals surface area contributed by atoms with Crippen molar-refractivity contribution in [3.05, 3.63) is 29.8 Å². The smallest absolute Gasteiger partial charge is 0.308 e. The molecule has 1 aliphatic carbocycles. The number of carbonyl (C=O) groups excluding carboxylic acids is 1. The molecule has 0 spiro atoms. The van der Waals surface area contributed by atoms with Crippen LogP contribution in [0.5, 0.6) is 5.75 Å². The van der Waals surface area contributed by atoms with Gasteiger partial charge in [-0.15, -0.1) is 0 Å².